The van der Waals surface area contributed by atoms with Gasteiger partial charge in [0.15, 0.2) is 0 Å². The first-order chi connectivity index (χ1) is 9.36. The molecule has 7 nitrogen and oxygen atoms in total. The summed E-state index contributed by atoms with van der Waals surface area (Å²) in [5.41, 5.74) is -1.98. The van der Waals surface area contributed by atoms with Crippen LogP contribution in [0.5, 0.6) is 0 Å². The van der Waals surface area contributed by atoms with Crippen molar-refractivity contribution in [3.8, 4) is 0 Å². The van der Waals surface area contributed by atoms with E-state index in [2.05, 4.69) is 5.32 Å². The van der Waals surface area contributed by atoms with Crippen molar-refractivity contribution >= 4 is 17.3 Å². The van der Waals surface area contributed by atoms with E-state index in [4.69, 9.17) is 4.74 Å². The van der Waals surface area contributed by atoms with Crippen molar-refractivity contribution in [2.24, 2.45) is 5.41 Å². The highest BCUT2D eigenvalue weighted by Crippen LogP contribution is 2.34. The second-order valence-corrected chi connectivity index (χ2v) is 4.83. The first-order valence-corrected chi connectivity index (χ1v) is 5.87. The topological polar surface area (TPSA) is 102 Å². The Hall–Kier alpha value is -2.22. The van der Waals surface area contributed by atoms with E-state index in [1.54, 1.807) is 0 Å². The molecule has 1 aliphatic heterocycles. The van der Waals surface area contributed by atoms with Gasteiger partial charge in [-0.25, -0.2) is 0 Å². The van der Waals surface area contributed by atoms with Crippen molar-refractivity contribution in [1.29, 1.82) is 0 Å². The van der Waals surface area contributed by atoms with Gasteiger partial charge in [-0.3, -0.25) is 14.9 Å². The molecule has 2 atom stereocenters. The number of halogens is 1. The maximum atomic E-state index is 13.5. The largest absolute Gasteiger partial charge is 0.481 e. The van der Waals surface area contributed by atoms with Gasteiger partial charge in [0, 0.05) is 0 Å². The number of nitrogens with one attached hydrogen (secondary N) is 1. The Labute approximate surface area is 113 Å². The molecular formula is C12H13FN2O5. The molecular weight excluding hydrogens is 271 g/mol. The lowest BCUT2D eigenvalue weighted by Gasteiger charge is -2.26. The molecule has 1 aromatic rings. The molecule has 0 amide bonds. The van der Waals surface area contributed by atoms with Gasteiger partial charge in [0.25, 0.3) is 0 Å². The standard InChI is InChI=1S/C12H13FN2O5/c1-12(11(16)17)6-20-5-9(12)14-8-4-2-3-7(13)10(8)15(18)19/h2-4,9,14H,5-6H2,1H3,(H,16,17). The lowest BCUT2D eigenvalue weighted by atomic mass is 9.85. The van der Waals surface area contributed by atoms with Gasteiger partial charge in [0.2, 0.25) is 5.82 Å². The third-order valence-electron chi connectivity index (χ3n) is 3.44. The molecule has 0 aliphatic carbocycles. The van der Waals surface area contributed by atoms with E-state index in [9.17, 15) is 24.4 Å². The Morgan fingerprint density at radius 2 is 2.35 bits per heavy atom. The number of carboxylic acids is 1. The van der Waals surface area contributed by atoms with Gasteiger partial charge < -0.3 is 15.2 Å². The minimum atomic E-state index is -1.22. The number of hydrogen-bond acceptors (Lipinski definition) is 5. The molecule has 1 fully saturated rings. The zero-order valence-corrected chi connectivity index (χ0v) is 10.6. The number of nitrogens with zero attached hydrogens (tertiary/aromatic N) is 1. The summed E-state index contributed by atoms with van der Waals surface area (Å²) in [4.78, 5) is 21.3. The average molecular weight is 284 g/mol. The Morgan fingerprint density at radius 3 is 2.95 bits per heavy atom. The van der Waals surface area contributed by atoms with Gasteiger partial charge in [-0.2, -0.15) is 4.39 Å². The minimum absolute atomic E-state index is 0.0108. The summed E-state index contributed by atoms with van der Waals surface area (Å²) >= 11 is 0. The van der Waals surface area contributed by atoms with Crippen molar-refractivity contribution in [2.75, 3.05) is 18.5 Å². The maximum Gasteiger partial charge on any atom is 0.327 e. The zero-order valence-electron chi connectivity index (χ0n) is 10.6. The fourth-order valence-electron chi connectivity index (χ4n) is 2.09. The van der Waals surface area contributed by atoms with Gasteiger partial charge in [-0.1, -0.05) is 6.07 Å². The van der Waals surface area contributed by atoms with Gasteiger partial charge in [-0.05, 0) is 19.1 Å². The number of nitro benzene ring substituents is 1. The second-order valence-electron chi connectivity index (χ2n) is 4.83. The van der Waals surface area contributed by atoms with Crippen LogP contribution in [0, 0.1) is 21.3 Å². The number of rotatable bonds is 4. The normalized spacial score (nSPS) is 25.4. The first-order valence-electron chi connectivity index (χ1n) is 5.87. The van der Waals surface area contributed by atoms with E-state index < -0.39 is 33.9 Å². The molecule has 0 saturated carbocycles. The summed E-state index contributed by atoms with van der Waals surface area (Å²) in [6, 6.07) is 2.95. The van der Waals surface area contributed by atoms with Crippen LogP contribution in [0.4, 0.5) is 15.8 Å². The van der Waals surface area contributed by atoms with Crippen LogP contribution >= 0.6 is 0 Å². The summed E-state index contributed by atoms with van der Waals surface area (Å²) in [6.45, 7) is 1.55. The Kier molecular flexibility index (Phi) is 3.58. The van der Waals surface area contributed by atoms with E-state index in [1.807, 2.05) is 0 Å². The average Bonchev–Trinajstić information content (AvgIpc) is 2.72. The van der Waals surface area contributed by atoms with E-state index in [1.165, 1.54) is 19.1 Å². The van der Waals surface area contributed by atoms with Crippen molar-refractivity contribution in [3.63, 3.8) is 0 Å². The van der Waals surface area contributed by atoms with Crippen LogP contribution in [0.2, 0.25) is 0 Å². The minimum Gasteiger partial charge on any atom is -0.481 e. The summed E-state index contributed by atoms with van der Waals surface area (Å²) < 4.78 is 18.6. The molecule has 8 heteroatoms. The van der Waals surface area contributed by atoms with Gasteiger partial charge in [0.1, 0.15) is 11.1 Å². The fraction of sp³-hybridized carbons (Fsp3) is 0.417. The molecule has 1 aromatic carbocycles. The number of ether oxygens (including phenoxy) is 1. The Balaban J connectivity index is 2.33. The Morgan fingerprint density at radius 1 is 1.65 bits per heavy atom. The summed E-state index contributed by atoms with van der Waals surface area (Å²) in [5.74, 6) is -2.05. The molecule has 0 bridgehead atoms. The van der Waals surface area contributed by atoms with Crippen molar-refractivity contribution in [3.05, 3.63) is 34.1 Å². The van der Waals surface area contributed by atoms with Crippen molar-refractivity contribution in [2.45, 2.75) is 13.0 Å². The number of carbonyl (C=O) groups is 1. The molecule has 2 rings (SSSR count). The Bertz CT molecular complexity index is 565. The molecule has 1 saturated heterocycles. The highest BCUT2D eigenvalue weighted by Gasteiger charge is 2.47. The summed E-state index contributed by atoms with van der Waals surface area (Å²) in [7, 11) is 0. The maximum absolute atomic E-state index is 13.5. The SMILES string of the molecule is CC1(C(=O)O)COCC1Nc1cccc(F)c1[N+](=O)[O-]. The summed E-state index contributed by atoms with van der Waals surface area (Å²) in [5, 5.41) is 22.8. The number of carboxylic acid groups (broad SMARTS) is 1. The number of benzene rings is 1. The highest BCUT2D eigenvalue weighted by molar-refractivity contribution is 5.77. The quantitative estimate of drug-likeness (QED) is 0.643. The molecule has 0 aromatic heterocycles. The molecule has 0 spiro atoms. The monoisotopic (exact) mass is 284 g/mol. The lowest BCUT2D eigenvalue weighted by molar-refractivity contribution is -0.386. The van der Waals surface area contributed by atoms with Gasteiger partial charge in [-0.15, -0.1) is 0 Å². The van der Waals surface area contributed by atoms with Crippen molar-refractivity contribution in [1.82, 2.24) is 0 Å². The first kappa shape index (κ1) is 14.2. The van der Waals surface area contributed by atoms with Crippen LogP contribution in [0.3, 0.4) is 0 Å². The highest BCUT2D eigenvalue weighted by atomic mass is 19.1. The van der Waals surface area contributed by atoms with E-state index >= 15 is 0 Å². The second kappa shape index (κ2) is 5.04. The van der Waals surface area contributed by atoms with Crippen LogP contribution in [-0.4, -0.2) is 35.3 Å². The third kappa shape index (κ3) is 2.29. The summed E-state index contributed by atoms with van der Waals surface area (Å²) in [6.07, 6.45) is 0. The predicted octanol–water partition coefficient (Wildman–Crippen LogP) is 1.64. The molecule has 2 N–H and O–H groups in total. The molecule has 108 valence electrons. The molecule has 2 unspecified atom stereocenters. The van der Waals surface area contributed by atoms with E-state index in [0.717, 1.165) is 6.07 Å². The predicted molar refractivity (Wildman–Crippen MR) is 67.0 cm³/mol. The van der Waals surface area contributed by atoms with Crippen LogP contribution in [0.1, 0.15) is 6.92 Å². The van der Waals surface area contributed by atoms with Crippen molar-refractivity contribution < 1.29 is 24.0 Å². The number of para-hydroxylation sites is 1. The smallest absolute Gasteiger partial charge is 0.327 e. The molecule has 0 radical (unpaired) electrons. The third-order valence-corrected chi connectivity index (χ3v) is 3.44. The number of aliphatic carboxylic acids is 1. The number of nitro groups is 1. The molecule has 1 aliphatic rings. The van der Waals surface area contributed by atoms with Gasteiger partial charge >= 0.3 is 11.7 Å². The van der Waals surface area contributed by atoms with Crippen LogP contribution in [-0.2, 0) is 9.53 Å². The van der Waals surface area contributed by atoms with Crippen LogP contribution in [0.25, 0.3) is 0 Å². The van der Waals surface area contributed by atoms with Crippen LogP contribution < -0.4 is 5.32 Å². The molecule has 1 heterocycles. The number of hydrogen-bond donors (Lipinski definition) is 2. The van der Waals surface area contributed by atoms with E-state index in [-0.39, 0.29) is 18.9 Å². The fourth-order valence-corrected chi connectivity index (χ4v) is 2.09. The van der Waals surface area contributed by atoms with E-state index in [0.29, 0.717) is 0 Å². The zero-order chi connectivity index (χ0) is 14.9. The van der Waals surface area contributed by atoms with Crippen LogP contribution in [0.15, 0.2) is 18.2 Å². The number of anilines is 1. The lowest BCUT2D eigenvalue weighted by Crippen LogP contribution is -2.43. The van der Waals surface area contributed by atoms with Gasteiger partial charge in [0.05, 0.1) is 24.2 Å². The molecule has 20 heavy (non-hydrogen) atoms.